The summed E-state index contributed by atoms with van der Waals surface area (Å²) in [6.45, 7) is 0. The molecule has 2 heterocycles. The number of nitrogens with one attached hydrogen (secondary N) is 1. The molecule has 3 aromatic rings. The number of nitrogens with zero attached hydrogens (tertiary/aromatic N) is 2. The normalized spacial score (nSPS) is 11.0. The van der Waals surface area contributed by atoms with E-state index in [4.69, 9.17) is 9.72 Å². The fourth-order valence-corrected chi connectivity index (χ4v) is 5.48. The van der Waals surface area contributed by atoms with Crippen LogP contribution < -0.4 is 19.4 Å². The third-order valence-corrected chi connectivity index (χ3v) is 7.31. The van der Waals surface area contributed by atoms with Crippen molar-refractivity contribution in [2.45, 2.75) is 6.42 Å². The summed E-state index contributed by atoms with van der Waals surface area (Å²) in [6.07, 6.45) is 2.37. The van der Waals surface area contributed by atoms with Gasteiger partial charge in [-0.3, -0.25) is 0 Å². The van der Waals surface area contributed by atoms with Gasteiger partial charge in [-0.1, -0.05) is 0 Å². The predicted molar refractivity (Wildman–Crippen MR) is 128 cm³/mol. The third kappa shape index (κ3) is 4.11. The van der Waals surface area contributed by atoms with E-state index >= 15 is 0 Å². The molecule has 158 valence electrons. The molecule has 0 amide bonds. The number of benzene rings is 3. The number of rotatable bonds is 6. The average molecular weight is 486 g/mol. The van der Waals surface area contributed by atoms with Gasteiger partial charge in [0, 0.05) is 0 Å². The van der Waals surface area contributed by atoms with E-state index in [1.165, 1.54) is 4.46 Å². The quantitative estimate of drug-likeness (QED) is 0.376. The number of hydrogen-bond acceptors (Lipinski definition) is 3. The number of aromatic nitrogens is 3. The van der Waals surface area contributed by atoms with Crippen molar-refractivity contribution < 1.29 is 4.74 Å². The standard InChI is InChI=1S/C26H21N3O2Se/c1-31-20-12-14-21(15-13-20)32-25-24-27-22(16-18-8-4-2-5-9-18)26(30)29(24)17-23(28-25)19-10-6-3-7-11-19/h2-15,17,28H,16H2,1H3. The monoisotopic (exact) mass is 487 g/mol. The number of imidazole rings is 1. The van der Waals surface area contributed by atoms with Crippen molar-refractivity contribution in [3.05, 3.63) is 113 Å². The molecule has 0 spiro atoms. The van der Waals surface area contributed by atoms with Crippen LogP contribution in [0.3, 0.4) is 0 Å². The van der Waals surface area contributed by atoms with Crippen molar-refractivity contribution >= 4 is 24.0 Å². The molecule has 1 N–H and O–H groups in total. The van der Waals surface area contributed by atoms with Gasteiger partial charge in [0.25, 0.3) is 0 Å². The van der Waals surface area contributed by atoms with Crippen LogP contribution in [0.4, 0.5) is 0 Å². The second-order valence-corrected chi connectivity index (χ2v) is 9.63. The van der Waals surface area contributed by atoms with Gasteiger partial charge in [0.05, 0.1) is 0 Å². The van der Waals surface area contributed by atoms with Crippen molar-refractivity contribution in [3.63, 3.8) is 0 Å². The van der Waals surface area contributed by atoms with Crippen LogP contribution in [0.1, 0.15) is 11.3 Å². The average Bonchev–Trinajstić information content (AvgIpc) is 3.16. The van der Waals surface area contributed by atoms with Gasteiger partial charge in [0.1, 0.15) is 0 Å². The first-order chi connectivity index (χ1) is 15.7. The van der Waals surface area contributed by atoms with Crippen LogP contribution in [-0.4, -0.2) is 36.6 Å². The number of methoxy groups -OCH3 is 1. The van der Waals surface area contributed by atoms with E-state index in [0.717, 1.165) is 27.2 Å². The van der Waals surface area contributed by atoms with Gasteiger partial charge in [-0.05, 0) is 0 Å². The first-order valence-electron chi connectivity index (χ1n) is 10.3. The molecule has 0 fully saturated rings. The van der Waals surface area contributed by atoms with Crippen molar-refractivity contribution in [1.29, 1.82) is 0 Å². The molecule has 0 aliphatic carbocycles. The first kappa shape index (κ1) is 20.3. The number of fused-ring (bicyclic) bond motifs is 1. The van der Waals surface area contributed by atoms with Crippen LogP contribution in [-0.2, 0) is 6.42 Å². The zero-order chi connectivity index (χ0) is 21.9. The van der Waals surface area contributed by atoms with Gasteiger partial charge in [0.15, 0.2) is 0 Å². The Morgan fingerprint density at radius 3 is 2.31 bits per heavy atom. The molecule has 0 bridgehead atoms. The maximum absolute atomic E-state index is 13.3. The Labute approximate surface area is 192 Å². The van der Waals surface area contributed by atoms with E-state index in [9.17, 15) is 4.79 Å². The van der Waals surface area contributed by atoms with Gasteiger partial charge in [-0.25, -0.2) is 0 Å². The third-order valence-electron chi connectivity index (χ3n) is 5.22. The summed E-state index contributed by atoms with van der Waals surface area (Å²) in [5, 5.41) is 0. The number of aromatic amines is 1. The molecule has 0 atom stereocenters. The van der Waals surface area contributed by atoms with E-state index in [2.05, 4.69) is 17.1 Å². The van der Waals surface area contributed by atoms with E-state index in [1.54, 1.807) is 11.7 Å². The fraction of sp³-hybridized carbons (Fsp3) is 0.0769. The molecule has 0 unspecified atom stereocenters. The Balaban J connectivity index is 1.62. The van der Waals surface area contributed by atoms with E-state index < -0.39 is 0 Å². The Hall–Kier alpha value is -3.60. The molecule has 0 saturated heterocycles. The van der Waals surface area contributed by atoms with Crippen molar-refractivity contribution in [2.75, 3.05) is 7.11 Å². The van der Waals surface area contributed by atoms with Crippen molar-refractivity contribution in [1.82, 2.24) is 14.5 Å². The van der Waals surface area contributed by atoms with Crippen LogP contribution in [0.5, 0.6) is 5.75 Å². The molecule has 5 rings (SSSR count). The van der Waals surface area contributed by atoms with E-state index in [1.807, 2.05) is 79.0 Å². The minimum absolute atomic E-state index is 0.0678. The van der Waals surface area contributed by atoms with Gasteiger partial charge in [0.2, 0.25) is 0 Å². The van der Waals surface area contributed by atoms with Gasteiger partial charge >= 0.3 is 192 Å². The number of H-pyrrole nitrogens is 1. The Bertz CT molecular complexity index is 1360. The zero-order valence-corrected chi connectivity index (χ0v) is 19.2. The molecular formula is C26H21N3O2Se. The minimum atomic E-state index is -0.0693. The molecule has 0 saturated carbocycles. The molecule has 5 nitrogen and oxygen atoms in total. The summed E-state index contributed by atoms with van der Waals surface area (Å²) in [7, 11) is 1.66. The van der Waals surface area contributed by atoms with Crippen molar-refractivity contribution in [2.24, 2.45) is 0 Å². The summed E-state index contributed by atoms with van der Waals surface area (Å²) in [5.74, 6) is 1.51. The van der Waals surface area contributed by atoms with Gasteiger partial charge < -0.3 is 0 Å². The fourth-order valence-electron chi connectivity index (χ4n) is 3.59. The Morgan fingerprint density at radius 2 is 1.62 bits per heavy atom. The van der Waals surface area contributed by atoms with Gasteiger partial charge in [-0.15, -0.1) is 0 Å². The van der Waals surface area contributed by atoms with Crippen LogP contribution in [0.2, 0.25) is 0 Å². The SMILES string of the molecule is COc1ccc([Se]c2[nH]c(-c3ccccc3)cn3c(=O)c(Cc4ccccc4)nc2-3)cc1. The van der Waals surface area contributed by atoms with E-state index in [-0.39, 0.29) is 20.5 Å². The second-order valence-electron chi connectivity index (χ2n) is 7.36. The molecule has 3 aromatic carbocycles. The van der Waals surface area contributed by atoms with Gasteiger partial charge in [-0.2, -0.15) is 0 Å². The predicted octanol–water partition coefficient (Wildman–Crippen LogP) is 2.92. The molecule has 32 heavy (non-hydrogen) atoms. The molecule has 2 aliphatic heterocycles. The molecule has 0 aromatic heterocycles. The summed E-state index contributed by atoms with van der Waals surface area (Å²) < 4.78 is 9.10. The van der Waals surface area contributed by atoms with Crippen LogP contribution in [0.15, 0.2) is 95.9 Å². The number of ether oxygens (including phenoxy) is 1. The summed E-state index contributed by atoms with van der Waals surface area (Å²) in [6, 6.07) is 28.1. The zero-order valence-electron chi connectivity index (χ0n) is 17.5. The molecular weight excluding hydrogens is 465 g/mol. The summed E-state index contributed by atoms with van der Waals surface area (Å²) in [5.41, 5.74) is 3.48. The Kier molecular flexibility index (Phi) is 5.63. The maximum atomic E-state index is 13.3. The number of hydrogen-bond donors (Lipinski definition) is 1. The summed E-state index contributed by atoms with van der Waals surface area (Å²) >= 11 is -0.0693. The van der Waals surface area contributed by atoms with Crippen LogP contribution in [0, 0.1) is 0 Å². The van der Waals surface area contributed by atoms with Crippen LogP contribution >= 0.6 is 0 Å². The second kappa shape index (κ2) is 8.87. The molecule has 2 aliphatic rings. The van der Waals surface area contributed by atoms with Crippen molar-refractivity contribution in [3.8, 4) is 22.8 Å². The van der Waals surface area contributed by atoms with Crippen LogP contribution in [0.25, 0.3) is 17.1 Å². The first-order valence-corrected chi connectivity index (χ1v) is 12.0. The molecule has 6 heteroatoms. The summed E-state index contributed by atoms with van der Waals surface area (Å²) in [4.78, 5) is 21.6. The Morgan fingerprint density at radius 1 is 0.938 bits per heavy atom. The van der Waals surface area contributed by atoms with E-state index in [0.29, 0.717) is 17.9 Å². The molecule has 0 radical (unpaired) electrons. The topological polar surface area (TPSA) is 59.9 Å².